The average Bonchev–Trinajstić information content (AvgIpc) is 2.18. The Morgan fingerprint density at radius 1 is 1.57 bits per heavy atom. The first-order valence-electron chi connectivity index (χ1n) is 4.40. The van der Waals surface area contributed by atoms with Gasteiger partial charge in [0.25, 0.3) is 0 Å². The average molecular weight is 191 g/mol. The van der Waals surface area contributed by atoms with E-state index in [9.17, 15) is 4.79 Å². The first-order valence-corrected chi connectivity index (χ1v) is 4.40. The van der Waals surface area contributed by atoms with Crippen molar-refractivity contribution in [3.8, 4) is 0 Å². The van der Waals surface area contributed by atoms with Crippen LogP contribution >= 0.6 is 0 Å². The van der Waals surface area contributed by atoms with E-state index in [0.717, 1.165) is 11.1 Å². The molecule has 0 heterocycles. The van der Waals surface area contributed by atoms with Crippen LogP contribution in [0, 0.1) is 0 Å². The van der Waals surface area contributed by atoms with E-state index in [4.69, 9.17) is 5.11 Å². The summed E-state index contributed by atoms with van der Waals surface area (Å²) < 4.78 is 0. The number of hydrogen-bond acceptors (Lipinski definition) is 1. The van der Waals surface area contributed by atoms with E-state index in [1.165, 1.54) is 0 Å². The quantitative estimate of drug-likeness (QED) is 0.766. The maximum Gasteiger partial charge on any atom is 0.404 e. The molecule has 0 bridgehead atoms. The number of hydrogen-bond donors (Lipinski definition) is 2. The Morgan fingerprint density at radius 2 is 2.36 bits per heavy atom. The van der Waals surface area contributed by atoms with Gasteiger partial charge < -0.3 is 10.4 Å². The molecule has 0 unspecified atom stereocenters. The summed E-state index contributed by atoms with van der Waals surface area (Å²) in [7, 11) is 0. The van der Waals surface area contributed by atoms with E-state index in [2.05, 4.69) is 11.9 Å². The Bertz CT molecular complexity index is 334. The van der Waals surface area contributed by atoms with Gasteiger partial charge in [0.05, 0.1) is 0 Å². The van der Waals surface area contributed by atoms with Crippen molar-refractivity contribution in [2.75, 3.05) is 6.54 Å². The zero-order chi connectivity index (χ0) is 10.4. The van der Waals surface area contributed by atoms with Crippen molar-refractivity contribution in [3.05, 3.63) is 42.0 Å². The van der Waals surface area contributed by atoms with Crippen LogP contribution in [0.25, 0.3) is 6.08 Å². The van der Waals surface area contributed by atoms with Crippen LogP contribution in [0.4, 0.5) is 4.79 Å². The molecular weight excluding hydrogens is 178 g/mol. The molecule has 0 radical (unpaired) electrons. The lowest BCUT2D eigenvalue weighted by Gasteiger charge is -2.02. The predicted molar refractivity (Wildman–Crippen MR) is 56.3 cm³/mol. The molecule has 0 saturated heterocycles. The molecule has 1 amide bonds. The molecule has 0 atom stereocenters. The van der Waals surface area contributed by atoms with Crippen molar-refractivity contribution in [1.82, 2.24) is 5.32 Å². The van der Waals surface area contributed by atoms with E-state index >= 15 is 0 Å². The summed E-state index contributed by atoms with van der Waals surface area (Å²) in [6, 6.07) is 7.86. The molecule has 0 aliphatic carbocycles. The van der Waals surface area contributed by atoms with Gasteiger partial charge in [0, 0.05) is 6.54 Å². The minimum Gasteiger partial charge on any atom is -0.465 e. The van der Waals surface area contributed by atoms with Crippen LogP contribution in [0.15, 0.2) is 30.8 Å². The molecule has 0 fully saturated rings. The summed E-state index contributed by atoms with van der Waals surface area (Å²) in [5.41, 5.74) is 2.16. The fourth-order valence-electron chi connectivity index (χ4n) is 1.19. The van der Waals surface area contributed by atoms with Crippen LogP contribution in [0.3, 0.4) is 0 Å². The Labute approximate surface area is 83.1 Å². The minimum absolute atomic E-state index is 0.440. The maximum absolute atomic E-state index is 10.2. The van der Waals surface area contributed by atoms with Gasteiger partial charge in [-0.25, -0.2) is 4.79 Å². The zero-order valence-electron chi connectivity index (χ0n) is 7.86. The standard InChI is InChI=1S/C11H13NO2/c1-2-9-4-3-5-10(8-9)6-7-12-11(13)14/h2-5,8,12H,1,6-7H2,(H,13,14). The second-order valence-electron chi connectivity index (χ2n) is 2.93. The fraction of sp³-hybridized carbons (Fsp3) is 0.182. The van der Waals surface area contributed by atoms with Crippen LogP contribution in [-0.2, 0) is 6.42 Å². The molecule has 3 nitrogen and oxygen atoms in total. The molecule has 1 aromatic carbocycles. The molecule has 74 valence electrons. The first-order chi connectivity index (χ1) is 6.72. The summed E-state index contributed by atoms with van der Waals surface area (Å²) in [6.07, 6.45) is 1.49. The number of nitrogens with one attached hydrogen (secondary N) is 1. The van der Waals surface area contributed by atoms with Gasteiger partial charge in [-0.2, -0.15) is 0 Å². The third-order valence-electron chi connectivity index (χ3n) is 1.88. The zero-order valence-corrected chi connectivity index (χ0v) is 7.86. The van der Waals surface area contributed by atoms with Gasteiger partial charge in [-0.1, -0.05) is 36.9 Å². The summed E-state index contributed by atoms with van der Waals surface area (Å²) >= 11 is 0. The minimum atomic E-state index is -0.982. The van der Waals surface area contributed by atoms with Crippen LogP contribution in [0.5, 0.6) is 0 Å². The third kappa shape index (κ3) is 3.31. The van der Waals surface area contributed by atoms with Gasteiger partial charge in [-0.05, 0) is 17.5 Å². The highest BCUT2D eigenvalue weighted by atomic mass is 16.4. The number of carboxylic acid groups (broad SMARTS) is 1. The monoisotopic (exact) mass is 191 g/mol. The van der Waals surface area contributed by atoms with Crippen LogP contribution in [0.1, 0.15) is 11.1 Å². The van der Waals surface area contributed by atoms with Crippen molar-refractivity contribution in [2.45, 2.75) is 6.42 Å². The van der Waals surface area contributed by atoms with E-state index in [0.29, 0.717) is 13.0 Å². The lowest BCUT2D eigenvalue weighted by molar-refractivity contribution is 0.194. The molecule has 0 aromatic heterocycles. The molecule has 1 aromatic rings. The molecule has 0 saturated carbocycles. The summed E-state index contributed by atoms with van der Waals surface area (Å²) in [6.45, 7) is 4.11. The molecule has 0 aliphatic heterocycles. The Balaban J connectivity index is 2.50. The molecule has 3 heteroatoms. The van der Waals surface area contributed by atoms with Gasteiger partial charge in [-0.15, -0.1) is 0 Å². The number of carbonyl (C=O) groups is 1. The predicted octanol–water partition coefficient (Wildman–Crippen LogP) is 2.14. The largest absolute Gasteiger partial charge is 0.465 e. The SMILES string of the molecule is C=Cc1cccc(CCNC(=O)O)c1. The third-order valence-corrected chi connectivity index (χ3v) is 1.88. The molecule has 1 rings (SSSR count). The summed E-state index contributed by atoms with van der Waals surface area (Å²) in [5, 5.41) is 10.7. The molecule has 0 spiro atoms. The number of benzene rings is 1. The normalized spacial score (nSPS) is 9.43. The van der Waals surface area contributed by atoms with Crippen molar-refractivity contribution >= 4 is 12.2 Å². The number of rotatable bonds is 4. The van der Waals surface area contributed by atoms with E-state index in [1.54, 1.807) is 6.08 Å². The highest BCUT2D eigenvalue weighted by molar-refractivity contribution is 5.64. The van der Waals surface area contributed by atoms with Crippen molar-refractivity contribution in [3.63, 3.8) is 0 Å². The van der Waals surface area contributed by atoms with Crippen molar-refractivity contribution in [1.29, 1.82) is 0 Å². The van der Waals surface area contributed by atoms with E-state index in [-0.39, 0.29) is 0 Å². The van der Waals surface area contributed by atoms with Crippen molar-refractivity contribution in [2.24, 2.45) is 0 Å². The molecular formula is C11H13NO2. The first kappa shape index (κ1) is 10.3. The lowest BCUT2D eigenvalue weighted by atomic mass is 10.1. The second-order valence-corrected chi connectivity index (χ2v) is 2.93. The van der Waals surface area contributed by atoms with Crippen LogP contribution in [-0.4, -0.2) is 17.7 Å². The van der Waals surface area contributed by atoms with Gasteiger partial charge in [0.15, 0.2) is 0 Å². The highest BCUT2D eigenvalue weighted by Crippen LogP contribution is 2.06. The molecule has 2 N–H and O–H groups in total. The number of amides is 1. The highest BCUT2D eigenvalue weighted by Gasteiger charge is 1.96. The Hall–Kier alpha value is -1.77. The van der Waals surface area contributed by atoms with E-state index in [1.807, 2.05) is 24.3 Å². The van der Waals surface area contributed by atoms with Gasteiger partial charge in [0.2, 0.25) is 0 Å². The molecule has 0 aliphatic rings. The maximum atomic E-state index is 10.2. The smallest absolute Gasteiger partial charge is 0.404 e. The summed E-state index contributed by atoms with van der Waals surface area (Å²) in [5.74, 6) is 0. The van der Waals surface area contributed by atoms with Gasteiger partial charge in [0.1, 0.15) is 0 Å². The van der Waals surface area contributed by atoms with E-state index < -0.39 is 6.09 Å². The summed E-state index contributed by atoms with van der Waals surface area (Å²) in [4.78, 5) is 10.2. The van der Waals surface area contributed by atoms with Crippen LogP contribution < -0.4 is 5.32 Å². The topological polar surface area (TPSA) is 49.3 Å². The molecule has 14 heavy (non-hydrogen) atoms. The second kappa shape index (κ2) is 5.07. The van der Waals surface area contributed by atoms with Crippen LogP contribution in [0.2, 0.25) is 0 Å². The van der Waals surface area contributed by atoms with Gasteiger partial charge >= 0.3 is 6.09 Å². The lowest BCUT2D eigenvalue weighted by Crippen LogP contribution is -2.23. The fourth-order valence-corrected chi connectivity index (χ4v) is 1.19. The Morgan fingerprint density at radius 3 is 3.00 bits per heavy atom. The van der Waals surface area contributed by atoms with Crippen molar-refractivity contribution < 1.29 is 9.90 Å². The van der Waals surface area contributed by atoms with Gasteiger partial charge in [-0.3, -0.25) is 0 Å². The Kier molecular flexibility index (Phi) is 3.73.